The standard InChI is InChI=1S/C16H23BrFNO/c1-2-4-12(9-10-19)7-8-14(20)11-13-5-3-6-15(18)16(13)17/h3,5-6,12H,2,4,7-11,19H2,1H3. The summed E-state index contributed by atoms with van der Waals surface area (Å²) in [4.78, 5) is 12.0. The maximum absolute atomic E-state index is 13.4. The Morgan fingerprint density at radius 2 is 2.10 bits per heavy atom. The van der Waals surface area contributed by atoms with Crippen LogP contribution in [0.25, 0.3) is 0 Å². The number of carbonyl (C=O) groups excluding carboxylic acids is 1. The summed E-state index contributed by atoms with van der Waals surface area (Å²) in [6.07, 6.45) is 4.94. The van der Waals surface area contributed by atoms with Gasteiger partial charge in [0.25, 0.3) is 0 Å². The fraction of sp³-hybridized carbons (Fsp3) is 0.562. The lowest BCUT2D eigenvalue weighted by Gasteiger charge is -2.14. The molecule has 1 unspecified atom stereocenters. The van der Waals surface area contributed by atoms with Gasteiger partial charge in [0.05, 0.1) is 4.47 Å². The number of Topliss-reactive ketones (excluding diaryl/α,β-unsaturated/α-hetero) is 1. The highest BCUT2D eigenvalue weighted by Gasteiger charge is 2.13. The van der Waals surface area contributed by atoms with Crippen molar-refractivity contribution in [1.82, 2.24) is 0 Å². The summed E-state index contributed by atoms with van der Waals surface area (Å²) in [6.45, 7) is 2.82. The summed E-state index contributed by atoms with van der Waals surface area (Å²) in [5, 5.41) is 0. The largest absolute Gasteiger partial charge is 0.330 e. The summed E-state index contributed by atoms with van der Waals surface area (Å²) in [6, 6.07) is 4.81. The zero-order chi connectivity index (χ0) is 15.0. The Bertz CT molecular complexity index is 430. The highest BCUT2D eigenvalue weighted by Crippen LogP contribution is 2.22. The van der Waals surface area contributed by atoms with E-state index in [-0.39, 0.29) is 11.6 Å². The van der Waals surface area contributed by atoms with Crippen LogP contribution in [0.5, 0.6) is 0 Å². The number of ketones is 1. The lowest BCUT2D eigenvalue weighted by atomic mass is 9.92. The average molecular weight is 344 g/mol. The number of benzene rings is 1. The minimum atomic E-state index is -0.317. The molecule has 1 rings (SSSR count). The molecule has 0 saturated heterocycles. The third kappa shape index (κ3) is 5.71. The van der Waals surface area contributed by atoms with Gasteiger partial charge in [-0.25, -0.2) is 4.39 Å². The molecule has 0 saturated carbocycles. The van der Waals surface area contributed by atoms with E-state index in [2.05, 4.69) is 22.9 Å². The van der Waals surface area contributed by atoms with Crippen LogP contribution in [0, 0.1) is 11.7 Å². The fourth-order valence-electron chi connectivity index (χ4n) is 2.43. The molecule has 0 fully saturated rings. The molecule has 1 aromatic rings. The Hall–Kier alpha value is -0.740. The molecule has 0 amide bonds. The minimum Gasteiger partial charge on any atom is -0.330 e. The van der Waals surface area contributed by atoms with Crippen molar-refractivity contribution in [2.24, 2.45) is 11.7 Å². The number of halogens is 2. The van der Waals surface area contributed by atoms with E-state index in [0.29, 0.717) is 29.8 Å². The zero-order valence-corrected chi connectivity index (χ0v) is 13.6. The van der Waals surface area contributed by atoms with E-state index in [4.69, 9.17) is 5.73 Å². The molecule has 0 radical (unpaired) electrons. The van der Waals surface area contributed by atoms with E-state index in [0.717, 1.165) is 31.2 Å². The van der Waals surface area contributed by atoms with Gasteiger partial charge in [-0.05, 0) is 52.9 Å². The molecule has 1 atom stereocenters. The number of carbonyl (C=O) groups is 1. The van der Waals surface area contributed by atoms with Crippen LogP contribution in [0.2, 0.25) is 0 Å². The van der Waals surface area contributed by atoms with Crippen molar-refractivity contribution in [2.45, 2.75) is 45.4 Å². The van der Waals surface area contributed by atoms with Crippen LogP contribution in [0.3, 0.4) is 0 Å². The van der Waals surface area contributed by atoms with Gasteiger partial charge in [-0.1, -0.05) is 31.9 Å². The van der Waals surface area contributed by atoms with Gasteiger partial charge in [0.2, 0.25) is 0 Å². The molecule has 1 aromatic carbocycles. The third-order valence-electron chi connectivity index (χ3n) is 3.52. The van der Waals surface area contributed by atoms with Gasteiger partial charge >= 0.3 is 0 Å². The maximum Gasteiger partial charge on any atom is 0.137 e. The normalized spacial score (nSPS) is 12.4. The highest BCUT2D eigenvalue weighted by atomic mass is 79.9. The molecule has 0 aromatic heterocycles. The van der Waals surface area contributed by atoms with Crippen LogP contribution < -0.4 is 5.73 Å². The molecular formula is C16H23BrFNO. The zero-order valence-electron chi connectivity index (χ0n) is 12.0. The summed E-state index contributed by atoms with van der Waals surface area (Å²) in [5.41, 5.74) is 6.32. The van der Waals surface area contributed by atoms with E-state index in [1.165, 1.54) is 6.07 Å². The maximum atomic E-state index is 13.4. The van der Waals surface area contributed by atoms with Crippen LogP contribution in [-0.4, -0.2) is 12.3 Å². The first-order valence-corrected chi connectivity index (χ1v) is 8.02. The van der Waals surface area contributed by atoms with Gasteiger partial charge in [0, 0.05) is 12.8 Å². The molecule has 0 heterocycles. The molecule has 20 heavy (non-hydrogen) atoms. The molecule has 112 valence electrons. The highest BCUT2D eigenvalue weighted by molar-refractivity contribution is 9.10. The first-order chi connectivity index (χ1) is 9.58. The second kappa shape index (κ2) is 9.24. The summed E-state index contributed by atoms with van der Waals surface area (Å²) >= 11 is 3.19. The molecule has 0 aliphatic heterocycles. The van der Waals surface area contributed by atoms with Gasteiger partial charge in [0.15, 0.2) is 0 Å². The Morgan fingerprint density at radius 1 is 1.35 bits per heavy atom. The average Bonchev–Trinajstić information content (AvgIpc) is 2.42. The molecule has 0 aliphatic rings. The van der Waals surface area contributed by atoms with Crippen molar-refractivity contribution in [3.63, 3.8) is 0 Å². The van der Waals surface area contributed by atoms with Crippen molar-refractivity contribution < 1.29 is 9.18 Å². The van der Waals surface area contributed by atoms with E-state index in [1.54, 1.807) is 12.1 Å². The number of hydrogen-bond acceptors (Lipinski definition) is 2. The molecule has 0 aliphatic carbocycles. The SMILES string of the molecule is CCCC(CCN)CCC(=O)Cc1cccc(F)c1Br. The first kappa shape index (κ1) is 17.3. The third-order valence-corrected chi connectivity index (χ3v) is 4.41. The van der Waals surface area contributed by atoms with Crippen molar-refractivity contribution in [3.8, 4) is 0 Å². The predicted molar refractivity (Wildman–Crippen MR) is 84.1 cm³/mol. The second-order valence-electron chi connectivity index (χ2n) is 5.20. The monoisotopic (exact) mass is 343 g/mol. The molecule has 4 heteroatoms. The molecular weight excluding hydrogens is 321 g/mol. The Morgan fingerprint density at radius 3 is 2.75 bits per heavy atom. The van der Waals surface area contributed by atoms with Crippen molar-refractivity contribution >= 4 is 21.7 Å². The van der Waals surface area contributed by atoms with Gasteiger partial charge in [0.1, 0.15) is 11.6 Å². The van der Waals surface area contributed by atoms with Gasteiger partial charge < -0.3 is 5.73 Å². The van der Waals surface area contributed by atoms with Crippen molar-refractivity contribution in [1.29, 1.82) is 0 Å². The molecule has 2 nitrogen and oxygen atoms in total. The van der Waals surface area contributed by atoms with Gasteiger partial charge in [-0.2, -0.15) is 0 Å². The van der Waals surface area contributed by atoms with Crippen molar-refractivity contribution in [2.75, 3.05) is 6.54 Å². The summed E-state index contributed by atoms with van der Waals surface area (Å²) in [7, 11) is 0. The quantitative estimate of drug-likeness (QED) is 0.728. The predicted octanol–water partition coefficient (Wildman–Crippen LogP) is 4.25. The Balaban J connectivity index is 2.48. The minimum absolute atomic E-state index is 0.162. The van der Waals surface area contributed by atoms with E-state index < -0.39 is 0 Å². The molecule has 2 N–H and O–H groups in total. The number of rotatable bonds is 9. The molecule has 0 bridgehead atoms. The summed E-state index contributed by atoms with van der Waals surface area (Å²) in [5.74, 6) is 0.376. The summed E-state index contributed by atoms with van der Waals surface area (Å²) < 4.78 is 13.8. The van der Waals surface area contributed by atoms with Gasteiger partial charge in [-0.15, -0.1) is 0 Å². The van der Waals surface area contributed by atoms with Crippen LogP contribution in [-0.2, 0) is 11.2 Å². The van der Waals surface area contributed by atoms with Crippen LogP contribution in [0.4, 0.5) is 4.39 Å². The second-order valence-corrected chi connectivity index (χ2v) is 5.99. The van der Waals surface area contributed by atoms with Crippen LogP contribution in [0.1, 0.15) is 44.6 Å². The fourth-order valence-corrected chi connectivity index (χ4v) is 2.83. The van der Waals surface area contributed by atoms with Crippen molar-refractivity contribution in [3.05, 3.63) is 34.1 Å². The lowest BCUT2D eigenvalue weighted by Crippen LogP contribution is -2.12. The van der Waals surface area contributed by atoms with E-state index >= 15 is 0 Å². The molecule has 0 spiro atoms. The van der Waals surface area contributed by atoms with E-state index in [1.807, 2.05) is 0 Å². The van der Waals surface area contributed by atoms with Crippen LogP contribution >= 0.6 is 15.9 Å². The number of hydrogen-bond donors (Lipinski definition) is 1. The Labute approximate surface area is 129 Å². The first-order valence-electron chi connectivity index (χ1n) is 7.23. The van der Waals surface area contributed by atoms with Gasteiger partial charge in [-0.3, -0.25) is 4.79 Å². The smallest absolute Gasteiger partial charge is 0.137 e. The Kier molecular flexibility index (Phi) is 8.00. The number of nitrogens with two attached hydrogens (primary N) is 1. The van der Waals surface area contributed by atoms with Crippen LogP contribution in [0.15, 0.2) is 22.7 Å². The van der Waals surface area contributed by atoms with E-state index in [9.17, 15) is 9.18 Å². The topological polar surface area (TPSA) is 43.1 Å². The lowest BCUT2D eigenvalue weighted by molar-refractivity contribution is -0.118.